The largest absolute Gasteiger partial charge is 0.527 e. The maximum Gasteiger partial charge on any atom is 0.527 e. The van der Waals surface area contributed by atoms with E-state index in [1.54, 1.807) is 30.3 Å². The van der Waals surface area contributed by atoms with Gasteiger partial charge in [0.1, 0.15) is 5.75 Å². The molecule has 0 saturated carbocycles. The Balaban J connectivity index is 2.32. The molecule has 2 N–H and O–H groups in total. The normalized spacial score (nSPS) is 13.6. The highest BCUT2D eigenvalue weighted by Crippen LogP contribution is 2.43. The Morgan fingerprint density at radius 2 is 1.83 bits per heavy atom. The van der Waals surface area contributed by atoms with E-state index in [0.29, 0.717) is 0 Å². The van der Waals surface area contributed by atoms with Gasteiger partial charge in [-0.25, -0.2) is 4.57 Å². The van der Waals surface area contributed by atoms with Crippen molar-refractivity contribution in [1.82, 2.24) is 5.32 Å². The lowest BCUT2D eigenvalue weighted by Gasteiger charge is -2.16. The lowest BCUT2D eigenvalue weighted by Crippen LogP contribution is -2.33. The maximum absolute atomic E-state index is 12.0. The fourth-order valence-corrected chi connectivity index (χ4v) is 2.99. The van der Waals surface area contributed by atoms with E-state index in [9.17, 15) is 14.3 Å². The maximum atomic E-state index is 12.0. The number of phosphoric acid groups is 1. The molecule has 0 radical (unpaired) electrons. The molecule has 1 unspecified atom stereocenters. The summed E-state index contributed by atoms with van der Waals surface area (Å²) < 4.78 is 21.5. The molecule has 0 aliphatic rings. The topological polar surface area (TPSA) is 84.9 Å². The van der Waals surface area contributed by atoms with Gasteiger partial charge in [0.25, 0.3) is 0 Å². The molecule has 23 heavy (non-hydrogen) atoms. The summed E-state index contributed by atoms with van der Waals surface area (Å²) in [7, 11) is -4.17. The van der Waals surface area contributed by atoms with Gasteiger partial charge in [0.05, 0.1) is 6.61 Å². The Morgan fingerprint density at radius 3 is 2.39 bits per heavy atom. The van der Waals surface area contributed by atoms with E-state index in [1.807, 2.05) is 13.8 Å². The molecule has 0 aliphatic heterocycles. The molecule has 1 atom stereocenters. The van der Waals surface area contributed by atoms with E-state index in [-0.39, 0.29) is 30.7 Å². The molecule has 1 aromatic rings. The third-order valence-corrected chi connectivity index (χ3v) is 4.22. The van der Waals surface area contributed by atoms with Crippen molar-refractivity contribution < 1.29 is 23.3 Å². The van der Waals surface area contributed by atoms with Crippen molar-refractivity contribution >= 4 is 13.7 Å². The predicted octanol–water partition coefficient (Wildman–Crippen LogP) is 3.52. The quantitative estimate of drug-likeness (QED) is 0.474. The molecule has 0 fully saturated rings. The van der Waals surface area contributed by atoms with Crippen LogP contribution in [-0.4, -0.2) is 24.0 Å². The minimum Gasteiger partial charge on any atom is -0.404 e. The lowest BCUT2D eigenvalue weighted by atomic mass is 9.97. The van der Waals surface area contributed by atoms with Gasteiger partial charge in [0.15, 0.2) is 0 Å². The van der Waals surface area contributed by atoms with Crippen molar-refractivity contribution in [2.45, 2.75) is 39.5 Å². The average molecular weight is 343 g/mol. The van der Waals surface area contributed by atoms with Crippen LogP contribution in [0.1, 0.15) is 39.5 Å². The van der Waals surface area contributed by atoms with Gasteiger partial charge in [-0.15, -0.1) is 0 Å². The predicted molar refractivity (Wildman–Crippen MR) is 89.2 cm³/mol. The molecule has 7 heteroatoms. The second kappa shape index (κ2) is 10.4. The highest BCUT2D eigenvalue weighted by Gasteiger charge is 2.23. The molecule has 6 nitrogen and oxygen atoms in total. The van der Waals surface area contributed by atoms with Crippen LogP contribution in [0.3, 0.4) is 0 Å². The minimum absolute atomic E-state index is 0.00787. The SMILES string of the molecule is CCCC(CCC)C(=O)NCCOP(=O)(O)Oc1ccccc1. The fraction of sp³-hybridized carbons (Fsp3) is 0.562. The number of benzene rings is 1. The van der Waals surface area contributed by atoms with Crippen LogP contribution in [0.25, 0.3) is 0 Å². The van der Waals surface area contributed by atoms with E-state index in [1.165, 1.54) is 0 Å². The molecule has 0 aromatic heterocycles. The van der Waals surface area contributed by atoms with Crippen molar-refractivity contribution in [2.24, 2.45) is 5.92 Å². The van der Waals surface area contributed by atoms with Crippen LogP contribution in [0.15, 0.2) is 30.3 Å². The van der Waals surface area contributed by atoms with Gasteiger partial charge in [-0.3, -0.25) is 14.2 Å². The molecule has 0 saturated heterocycles. The fourth-order valence-electron chi connectivity index (χ4n) is 2.22. The van der Waals surface area contributed by atoms with Crippen molar-refractivity contribution in [3.05, 3.63) is 30.3 Å². The Bertz CT molecular complexity index is 502. The number of phosphoric ester groups is 1. The summed E-state index contributed by atoms with van der Waals surface area (Å²) in [6.45, 7) is 4.17. The van der Waals surface area contributed by atoms with Crippen LogP contribution < -0.4 is 9.84 Å². The first-order valence-electron chi connectivity index (χ1n) is 7.98. The van der Waals surface area contributed by atoms with Crippen LogP contribution in [0.4, 0.5) is 0 Å². The standard InChI is InChI=1S/C16H26NO5P/c1-3-8-14(9-4-2)16(18)17-12-13-21-23(19,20)22-15-10-6-5-7-11-15/h5-7,10-11,14H,3-4,8-9,12-13H2,1-2H3,(H,17,18)(H,19,20). The van der Waals surface area contributed by atoms with E-state index >= 15 is 0 Å². The second-order valence-corrected chi connectivity index (χ2v) is 6.65. The molecular formula is C16H26NO5P. The highest BCUT2D eigenvalue weighted by atomic mass is 31.2. The summed E-state index contributed by atoms with van der Waals surface area (Å²) in [5.41, 5.74) is 0. The molecule has 1 rings (SSSR count). The minimum atomic E-state index is -4.17. The zero-order valence-electron chi connectivity index (χ0n) is 13.7. The average Bonchev–Trinajstić information content (AvgIpc) is 2.51. The second-order valence-electron chi connectivity index (χ2n) is 5.27. The zero-order chi connectivity index (χ0) is 17.1. The monoisotopic (exact) mass is 343 g/mol. The molecule has 0 aliphatic carbocycles. The molecular weight excluding hydrogens is 317 g/mol. The first-order chi connectivity index (χ1) is 11.0. The summed E-state index contributed by atoms with van der Waals surface area (Å²) in [5.74, 6) is 0.217. The van der Waals surface area contributed by atoms with E-state index < -0.39 is 7.82 Å². The first-order valence-corrected chi connectivity index (χ1v) is 9.47. The third kappa shape index (κ3) is 8.16. The van der Waals surface area contributed by atoms with E-state index in [2.05, 4.69) is 5.32 Å². The van der Waals surface area contributed by atoms with Gasteiger partial charge in [-0.05, 0) is 25.0 Å². The number of para-hydroxylation sites is 1. The van der Waals surface area contributed by atoms with Gasteiger partial charge in [0.2, 0.25) is 5.91 Å². The molecule has 0 bridgehead atoms. The number of amides is 1. The zero-order valence-corrected chi connectivity index (χ0v) is 14.6. The van der Waals surface area contributed by atoms with Gasteiger partial charge in [0, 0.05) is 12.5 Å². The molecule has 0 heterocycles. The summed E-state index contributed by atoms with van der Waals surface area (Å²) >= 11 is 0. The van der Waals surface area contributed by atoms with Crippen molar-refractivity contribution in [2.75, 3.05) is 13.2 Å². The number of nitrogens with one attached hydrogen (secondary N) is 1. The summed E-state index contributed by atoms with van der Waals surface area (Å²) in [4.78, 5) is 21.6. The summed E-state index contributed by atoms with van der Waals surface area (Å²) in [6, 6.07) is 8.28. The summed E-state index contributed by atoms with van der Waals surface area (Å²) in [6.07, 6.45) is 3.59. The van der Waals surface area contributed by atoms with Gasteiger partial charge in [-0.2, -0.15) is 0 Å². The number of hydrogen-bond acceptors (Lipinski definition) is 4. The highest BCUT2D eigenvalue weighted by molar-refractivity contribution is 7.47. The Hall–Kier alpha value is -1.36. The number of hydrogen-bond donors (Lipinski definition) is 2. The molecule has 130 valence electrons. The molecule has 1 aromatic carbocycles. The van der Waals surface area contributed by atoms with Gasteiger partial charge in [-0.1, -0.05) is 44.9 Å². The Labute approximate surface area is 137 Å². The number of rotatable bonds is 11. The third-order valence-electron chi connectivity index (χ3n) is 3.26. The van der Waals surface area contributed by atoms with Crippen LogP contribution in [-0.2, 0) is 13.9 Å². The van der Waals surface area contributed by atoms with Crippen LogP contribution >= 0.6 is 7.82 Å². The van der Waals surface area contributed by atoms with E-state index in [4.69, 9.17) is 9.05 Å². The molecule has 1 amide bonds. The van der Waals surface area contributed by atoms with Crippen molar-refractivity contribution in [3.63, 3.8) is 0 Å². The Kier molecular flexibility index (Phi) is 8.92. The van der Waals surface area contributed by atoms with Crippen LogP contribution in [0.2, 0.25) is 0 Å². The van der Waals surface area contributed by atoms with Gasteiger partial charge < -0.3 is 9.84 Å². The smallest absolute Gasteiger partial charge is 0.404 e. The summed E-state index contributed by atoms with van der Waals surface area (Å²) in [5, 5.41) is 2.74. The van der Waals surface area contributed by atoms with E-state index in [0.717, 1.165) is 25.7 Å². The lowest BCUT2D eigenvalue weighted by molar-refractivity contribution is -0.125. The van der Waals surface area contributed by atoms with Crippen molar-refractivity contribution in [3.8, 4) is 5.75 Å². The first kappa shape index (κ1) is 19.7. The Morgan fingerprint density at radius 1 is 1.22 bits per heavy atom. The number of carbonyl (C=O) groups is 1. The van der Waals surface area contributed by atoms with Gasteiger partial charge >= 0.3 is 7.82 Å². The van der Waals surface area contributed by atoms with Crippen molar-refractivity contribution in [1.29, 1.82) is 0 Å². The number of carbonyl (C=O) groups excluding carboxylic acids is 1. The molecule has 0 spiro atoms. The van der Waals surface area contributed by atoms with Crippen LogP contribution in [0, 0.1) is 5.92 Å². The van der Waals surface area contributed by atoms with Crippen LogP contribution in [0.5, 0.6) is 5.75 Å².